The third-order valence-electron chi connectivity index (χ3n) is 3.42. The van der Waals surface area contributed by atoms with Crippen molar-refractivity contribution in [2.75, 3.05) is 5.32 Å². The predicted molar refractivity (Wildman–Crippen MR) is 88.0 cm³/mol. The van der Waals surface area contributed by atoms with Crippen LogP contribution in [0, 0.1) is 0 Å². The van der Waals surface area contributed by atoms with Crippen LogP contribution >= 0.6 is 0 Å². The van der Waals surface area contributed by atoms with Gasteiger partial charge in [-0.1, -0.05) is 29.4 Å². The Labute approximate surface area is 140 Å². The van der Waals surface area contributed by atoms with Gasteiger partial charge in [-0.25, -0.2) is 4.79 Å². The van der Waals surface area contributed by atoms with Crippen molar-refractivity contribution in [3.8, 4) is 11.6 Å². The average Bonchev–Trinajstić information content (AvgIpc) is 3.10. The molecule has 122 valence electrons. The van der Waals surface area contributed by atoms with E-state index in [1.807, 2.05) is 0 Å². The Morgan fingerprint density at radius 2 is 1.84 bits per heavy atom. The number of anilines is 1. The summed E-state index contributed by atoms with van der Waals surface area (Å²) in [5.41, 5.74) is -0.0306. The van der Waals surface area contributed by atoms with Gasteiger partial charge in [0.25, 0.3) is 11.8 Å². The van der Waals surface area contributed by atoms with Crippen molar-refractivity contribution in [3.63, 3.8) is 0 Å². The minimum atomic E-state index is -0.749. The molecule has 3 heterocycles. The van der Waals surface area contributed by atoms with E-state index in [1.165, 1.54) is 6.07 Å². The van der Waals surface area contributed by atoms with E-state index in [4.69, 9.17) is 8.83 Å². The molecule has 1 N–H and O–H groups in total. The first-order valence-corrected chi connectivity index (χ1v) is 7.30. The number of fused-ring (bicyclic) bond motifs is 1. The molecule has 3 aromatic heterocycles. The minimum absolute atomic E-state index is 0.141. The zero-order chi connectivity index (χ0) is 17.2. The van der Waals surface area contributed by atoms with E-state index in [9.17, 15) is 9.59 Å². The van der Waals surface area contributed by atoms with E-state index in [2.05, 4.69) is 20.5 Å². The third kappa shape index (κ3) is 2.88. The Morgan fingerprint density at radius 3 is 2.68 bits per heavy atom. The highest BCUT2D eigenvalue weighted by Gasteiger charge is 2.17. The predicted octanol–water partition coefficient (Wildman–Crippen LogP) is 2.49. The summed E-state index contributed by atoms with van der Waals surface area (Å²) < 4.78 is 10.5. The van der Waals surface area contributed by atoms with Crippen LogP contribution in [0.15, 0.2) is 68.4 Å². The molecule has 0 aliphatic heterocycles. The largest absolute Gasteiger partial charge is 0.422 e. The Hall–Kier alpha value is -3.81. The van der Waals surface area contributed by atoms with Crippen molar-refractivity contribution in [2.24, 2.45) is 0 Å². The Kier molecular flexibility index (Phi) is 3.55. The van der Waals surface area contributed by atoms with Gasteiger partial charge in [-0.05, 0) is 24.3 Å². The van der Waals surface area contributed by atoms with E-state index < -0.39 is 11.5 Å². The van der Waals surface area contributed by atoms with E-state index in [-0.39, 0.29) is 17.5 Å². The van der Waals surface area contributed by atoms with Gasteiger partial charge in [-0.15, -0.1) is 5.10 Å². The Morgan fingerprint density at radius 1 is 1.00 bits per heavy atom. The van der Waals surface area contributed by atoms with Crippen molar-refractivity contribution >= 4 is 22.9 Å². The maximum Gasteiger partial charge on any atom is 0.349 e. The van der Waals surface area contributed by atoms with Crippen molar-refractivity contribution in [2.45, 2.75) is 0 Å². The molecule has 4 rings (SSSR count). The summed E-state index contributed by atoms with van der Waals surface area (Å²) in [7, 11) is 0. The lowest BCUT2D eigenvalue weighted by Crippen LogP contribution is -2.20. The fourth-order valence-corrected chi connectivity index (χ4v) is 2.25. The molecule has 0 saturated carbocycles. The van der Waals surface area contributed by atoms with Gasteiger partial charge in [0.1, 0.15) is 16.8 Å². The van der Waals surface area contributed by atoms with Gasteiger partial charge in [0.2, 0.25) is 0 Å². The van der Waals surface area contributed by atoms with Crippen LogP contribution in [-0.2, 0) is 0 Å². The van der Waals surface area contributed by atoms with Crippen LogP contribution in [0.4, 0.5) is 6.01 Å². The van der Waals surface area contributed by atoms with Gasteiger partial charge in [0, 0.05) is 11.6 Å². The fourth-order valence-electron chi connectivity index (χ4n) is 2.25. The number of pyridine rings is 1. The molecule has 8 heteroatoms. The second-order valence-electron chi connectivity index (χ2n) is 5.07. The monoisotopic (exact) mass is 334 g/mol. The topological polar surface area (TPSA) is 111 Å². The van der Waals surface area contributed by atoms with Crippen molar-refractivity contribution in [3.05, 3.63) is 70.7 Å². The smallest absolute Gasteiger partial charge is 0.349 e. The van der Waals surface area contributed by atoms with E-state index >= 15 is 0 Å². The molecule has 4 aromatic rings. The first-order valence-electron chi connectivity index (χ1n) is 7.30. The number of carbonyl (C=O) groups is 1. The lowest BCUT2D eigenvalue weighted by Gasteiger charge is -2.01. The first-order chi connectivity index (χ1) is 12.2. The molecule has 0 bridgehead atoms. The Balaban J connectivity index is 1.61. The molecule has 0 fully saturated rings. The number of nitrogens with one attached hydrogen (secondary N) is 1. The fraction of sp³-hybridized carbons (Fsp3) is 0. The highest BCUT2D eigenvalue weighted by atomic mass is 16.4. The van der Waals surface area contributed by atoms with Crippen LogP contribution in [0.2, 0.25) is 0 Å². The van der Waals surface area contributed by atoms with Crippen LogP contribution in [0.1, 0.15) is 10.4 Å². The highest BCUT2D eigenvalue weighted by molar-refractivity contribution is 6.04. The summed E-state index contributed by atoms with van der Waals surface area (Å²) in [5, 5.41) is 10.6. The number of hydrogen-bond acceptors (Lipinski definition) is 7. The number of para-hydroxylation sites is 1. The molecule has 0 unspecified atom stereocenters. The molecular weight excluding hydrogens is 324 g/mol. The number of hydrogen-bond donors (Lipinski definition) is 1. The lowest BCUT2D eigenvalue weighted by molar-refractivity contribution is 0.102. The quantitative estimate of drug-likeness (QED) is 0.573. The van der Waals surface area contributed by atoms with Crippen LogP contribution in [0.25, 0.3) is 22.6 Å². The lowest BCUT2D eigenvalue weighted by atomic mass is 10.2. The second-order valence-corrected chi connectivity index (χ2v) is 5.07. The maximum atomic E-state index is 12.3. The molecule has 0 spiro atoms. The summed E-state index contributed by atoms with van der Waals surface area (Å²) in [6.07, 6.45) is 1.58. The summed E-state index contributed by atoms with van der Waals surface area (Å²) >= 11 is 0. The molecule has 8 nitrogen and oxygen atoms in total. The highest BCUT2D eigenvalue weighted by Crippen LogP contribution is 2.18. The number of rotatable bonds is 3. The molecule has 0 atom stereocenters. The average molecular weight is 334 g/mol. The van der Waals surface area contributed by atoms with Gasteiger partial charge in [0.05, 0.1) is 0 Å². The summed E-state index contributed by atoms with van der Waals surface area (Å²) in [5.74, 6) is -0.544. The molecule has 0 radical (unpaired) electrons. The van der Waals surface area contributed by atoms with Gasteiger partial charge in [-0.2, -0.15) is 0 Å². The van der Waals surface area contributed by atoms with Gasteiger partial charge in [0.15, 0.2) is 0 Å². The Bertz CT molecular complexity index is 1120. The standard InChI is InChI=1S/C17H10N4O4/c22-14(11-9-10-5-1-2-7-13(10)24-16(11)23)19-17-21-20-15(25-17)12-6-3-4-8-18-12/h1-9H,(H,19,21,22). The van der Waals surface area contributed by atoms with Crippen molar-refractivity contribution in [1.29, 1.82) is 0 Å². The summed E-state index contributed by atoms with van der Waals surface area (Å²) in [6, 6.07) is 13.4. The molecule has 0 aliphatic carbocycles. The van der Waals surface area contributed by atoms with E-state index in [0.717, 1.165) is 0 Å². The molecule has 0 saturated heterocycles. The van der Waals surface area contributed by atoms with E-state index in [0.29, 0.717) is 16.7 Å². The molecule has 0 aliphatic rings. The summed E-state index contributed by atoms with van der Waals surface area (Å²) in [4.78, 5) is 28.4. The van der Waals surface area contributed by atoms with Crippen molar-refractivity contribution < 1.29 is 13.6 Å². The zero-order valence-electron chi connectivity index (χ0n) is 12.7. The number of nitrogens with zero attached hydrogens (tertiary/aromatic N) is 3. The number of carbonyl (C=O) groups excluding carboxylic acids is 1. The number of aromatic nitrogens is 3. The number of amides is 1. The number of benzene rings is 1. The first kappa shape index (κ1) is 14.8. The van der Waals surface area contributed by atoms with Crippen LogP contribution < -0.4 is 10.9 Å². The minimum Gasteiger partial charge on any atom is -0.422 e. The molecule has 1 amide bonds. The van der Waals surface area contributed by atoms with Crippen LogP contribution in [-0.4, -0.2) is 21.1 Å². The van der Waals surface area contributed by atoms with Crippen LogP contribution in [0.5, 0.6) is 0 Å². The van der Waals surface area contributed by atoms with Gasteiger partial charge < -0.3 is 8.83 Å². The molecule has 25 heavy (non-hydrogen) atoms. The maximum absolute atomic E-state index is 12.3. The SMILES string of the molecule is O=C(Nc1nnc(-c2ccccn2)o1)c1cc2ccccc2oc1=O. The third-order valence-corrected chi connectivity index (χ3v) is 3.42. The molecular formula is C17H10N4O4. The van der Waals surface area contributed by atoms with Gasteiger partial charge in [-0.3, -0.25) is 15.1 Å². The zero-order valence-corrected chi connectivity index (χ0v) is 12.7. The van der Waals surface area contributed by atoms with Gasteiger partial charge >= 0.3 is 11.6 Å². The molecule has 1 aromatic carbocycles. The second kappa shape index (κ2) is 6.00. The summed E-state index contributed by atoms with van der Waals surface area (Å²) in [6.45, 7) is 0. The normalized spacial score (nSPS) is 10.7. The van der Waals surface area contributed by atoms with E-state index in [1.54, 1.807) is 48.7 Å². The van der Waals surface area contributed by atoms with Crippen molar-refractivity contribution in [1.82, 2.24) is 15.2 Å². The van der Waals surface area contributed by atoms with Crippen LogP contribution in [0.3, 0.4) is 0 Å².